The largest absolute Gasteiger partial charge is 0.483 e. The lowest BCUT2D eigenvalue weighted by Gasteiger charge is -1.94. The molecule has 0 radical (unpaired) electrons. The molecule has 0 aromatic rings. The van der Waals surface area contributed by atoms with Crippen LogP contribution in [0.25, 0.3) is 0 Å². The summed E-state index contributed by atoms with van der Waals surface area (Å²) in [7, 11) is -1.59. The van der Waals surface area contributed by atoms with Crippen LogP contribution in [0.3, 0.4) is 0 Å². The highest BCUT2D eigenvalue weighted by Crippen LogP contribution is 2.00. The SMILES string of the molecule is C=C(F)/C=C(\C)B(O)O. The smallest absolute Gasteiger partial charge is 0.423 e. The highest BCUT2D eigenvalue weighted by atomic mass is 19.1. The molecule has 0 spiro atoms. The van der Waals surface area contributed by atoms with Crippen LogP contribution < -0.4 is 0 Å². The molecular weight excluding hydrogens is 122 g/mol. The molecule has 0 saturated carbocycles. The van der Waals surface area contributed by atoms with Crippen LogP contribution in [0.5, 0.6) is 0 Å². The van der Waals surface area contributed by atoms with Gasteiger partial charge in [-0.3, -0.25) is 0 Å². The zero-order chi connectivity index (χ0) is 7.44. The lowest BCUT2D eigenvalue weighted by Crippen LogP contribution is -2.12. The Labute approximate surface area is 53.5 Å². The predicted molar refractivity (Wildman–Crippen MR) is 34.2 cm³/mol. The van der Waals surface area contributed by atoms with Gasteiger partial charge in [0.15, 0.2) is 0 Å². The second kappa shape index (κ2) is 3.43. The van der Waals surface area contributed by atoms with Crippen molar-refractivity contribution in [1.29, 1.82) is 0 Å². The molecule has 0 heterocycles. The topological polar surface area (TPSA) is 40.5 Å². The average Bonchev–Trinajstić information content (AvgIpc) is 1.63. The van der Waals surface area contributed by atoms with Gasteiger partial charge in [-0.05, 0) is 18.5 Å². The van der Waals surface area contributed by atoms with Crippen molar-refractivity contribution < 1.29 is 14.4 Å². The van der Waals surface area contributed by atoms with Crippen molar-refractivity contribution in [3.05, 3.63) is 24.0 Å². The Morgan fingerprint density at radius 3 is 2.22 bits per heavy atom. The summed E-state index contributed by atoms with van der Waals surface area (Å²) in [6.45, 7) is 4.31. The second-order valence-electron chi connectivity index (χ2n) is 1.71. The molecule has 4 heteroatoms. The van der Waals surface area contributed by atoms with Gasteiger partial charge in [-0.1, -0.05) is 6.58 Å². The van der Waals surface area contributed by atoms with Crippen LogP contribution in [0.4, 0.5) is 4.39 Å². The highest BCUT2D eigenvalue weighted by molar-refractivity contribution is 6.50. The molecule has 0 bridgehead atoms. The summed E-state index contributed by atoms with van der Waals surface area (Å²) in [6, 6.07) is 0. The first-order valence-electron chi connectivity index (χ1n) is 2.42. The summed E-state index contributed by atoms with van der Waals surface area (Å²) in [5.74, 6) is -0.680. The number of hydrogen-bond acceptors (Lipinski definition) is 2. The molecular formula is C5H8BFO2. The first-order chi connectivity index (χ1) is 4.04. The van der Waals surface area contributed by atoms with Crippen LogP contribution in [0.1, 0.15) is 6.92 Å². The molecule has 0 aliphatic rings. The molecule has 50 valence electrons. The zero-order valence-electron chi connectivity index (χ0n) is 5.13. The molecule has 0 aliphatic carbocycles. The summed E-state index contributed by atoms with van der Waals surface area (Å²) in [4.78, 5) is 0. The number of halogens is 1. The van der Waals surface area contributed by atoms with Gasteiger partial charge in [0, 0.05) is 0 Å². The van der Waals surface area contributed by atoms with Gasteiger partial charge in [0.05, 0.1) is 0 Å². The van der Waals surface area contributed by atoms with Crippen molar-refractivity contribution in [2.75, 3.05) is 0 Å². The molecule has 0 rings (SSSR count). The minimum absolute atomic E-state index is 0.141. The molecule has 9 heavy (non-hydrogen) atoms. The van der Waals surface area contributed by atoms with Crippen molar-refractivity contribution in [3.63, 3.8) is 0 Å². The van der Waals surface area contributed by atoms with Gasteiger partial charge >= 0.3 is 7.12 Å². The Hall–Kier alpha value is -0.605. The van der Waals surface area contributed by atoms with E-state index in [1.54, 1.807) is 0 Å². The Morgan fingerprint density at radius 2 is 2.11 bits per heavy atom. The minimum atomic E-state index is -1.59. The van der Waals surface area contributed by atoms with Crippen LogP contribution in [0, 0.1) is 0 Å². The van der Waals surface area contributed by atoms with E-state index >= 15 is 0 Å². The van der Waals surface area contributed by atoms with E-state index in [4.69, 9.17) is 10.0 Å². The van der Waals surface area contributed by atoms with Crippen molar-refractivity contribution in [1.82, 2.24) is 0 Å². The number of allylic oxidation sites excluding steroid dienone is 3. The number of hydrogen-bond donors (Lipinski definition) is 2. The van der Waals surface area contributed by atoms with Crippen LogP contribution in [0.15, 0.2) is 24.0 Å². The average molecular weight is 130 g/mol. The molecule has 0 atom stereocenters. The summed E-state index contributed by atoms with van der Waals surface area (Å²) in [5, 5.41) is 16.7. The van der Waals surface area contributed by atoms with Crippen molar-refractivity contribution in [2.24, 2.45) is 0 Å². The van der Waals surface area contributed by atoms with E-state index in [9.17, 15) is 4.39 Å². The summed E-state index contributed by atoms with van der Waals surface area (Å²) in [6.07, 6.45) is 0.963. The third kappa shape index (κ3) is 3.94. The van der Waals surface area contributed by atoms with Gasteiger partial charge < -0.3 is 10.0 Å². The van der Waals surface area contributed by atoms with Gasteiger partial charge in [0.2, 0.25) is 0 Å². The summed E-state index contributed by atoms with van der Waals surface area (Å²) >= 11 is 0. The predicted octanol–water partition coefficient (Wildman–Crippen LogP) is 0.428. The highest BCUT2D eigenvalue weighted by Gasteiger charge is 2.08. The Kier molecular flexibility index (Phi) is 3.20. The van der Waals surface area contributed by atoms with Gasteiger partial charge in [-0.2, -0.15) is 0 Å². The Bertz CT molecular complexity index is 142. The molecule has 0 unspecified atom stereocenters. The maximum atomic E-state index is 11.8. The van der Waals surface area contributed by atoms with E-state index in [0.717, 1.165) is 6.08 Å². The van der Waals surface area contributed by atoms with Crippen molar-refractivity contribution in [2.45, 2.75) is 6.92 Å². The molecule has 2 nitrogen and oxygen atoms in total. The van der Waals surface area contributed by atoms with E-state index < -0.39 is 12.9 Å². The molecule has 2 N–H and O–H groups in total. The van der Waals surface area contributed by atoms with Crippen LogP contribution in [0.2, 0.25) is 0 Å². The van der Waals surface area contributed by atoms with E-state index in [0.29, 0.717) is 0 Å². The Balaban J connectivity index is 4.00. The molecule has 0 aliphatic heterocycles. The molecule has 0 aromatic heterocycles. The standard InChI is InChI=1S/C5H8BFO2/c1-4(6(8)9)3-5(2)7/h3,8-9H,2H2,1H3/b4-3+. The zero-order valence-corrected chi connectivity index (χ0v) is 5.13. The normalized spacial score (nSPS) is 11.3. The molecule has 0 aromatic carbocycles. The lowest BCUT2D eigenvalue weighted by molar-refractivity contribution is 0.418. The van der Waals surface area contributed by atoms with E-state index in [2.05, 4.69) is 6.58 Å². The molecule has 0 saturated heterocycles. The number of rotatable bonds is 2. The maximum Gasteiger partial charge on any atom is 0.483 e. The van der Waals surface area contributed by atoms with E-state index in [1.165, 1.54) is 6.92 Å². The van der Waals surface area contributed by atoms with E-state index in [1.807, 2.05) is 0 Å². The van der Waals surface area contributed by atoms with Gasteiger partial charge in [0.1, 0.15) is 5.83 Å². The van der Waals surface area contributed by atoms with Gasteiger partial charge in [-0.15, -0.1) is 0 Å². The monoisotopic (exact) mass is 130 g/mol. The van der Waals surface area contributed by atoms with Crippen molar-refractivity contribution in [3.8, 4) is 0 Å². The lowest BCUT2D eigenvalue weighted by atomic mass is 9.80. The fourth-order valence-corrected chi connectivity index (χ4v) is 0.322. The molecule has 0 amide bonds. The third-order valence-electron chi connectivity index (χ3n) is 0.792. The molecule has 0 fully saturated rings. The second-order valence-corrected chi connectivity index (χ2v) is 1.71. The van der Waals surface area contributed by atoms with Crippen LogP contribution in [-0.2, 0) is 0 Å². The minimum Gasteiger partial charge on any atom is -0.423 e. The summed E-state index contributed by atoms with van der Waals surface area (Å²) in [5.41, 5.74) is 0.141. The van der Waals surface area contributed by atoms with Gasteiger partial charge in [-0.25, -0.2) is 4.39 Å². The summed E-state index contributed by atoms with van der Waals surface area (Å²) < 4.78 is 11.8. The maximum absolute atomic E-state index is 11.8. The first-order valence-corrected chi connectivity index (χ1v) is 2.42. The fourth-order valence-electron chi connectivity index (χ4n) is 0.322. The van der Waals surface area contributed by atoms with Gasteiger partial charge in [0.25, 0.3) is 0 Å². The first kappa shape index (κ1) is 8.39. The third-order valence-corrected chi connectivity index (χ3v) is 0.792. The van der Waals surface area contributed by atoms with Crippen molar-refractivity contribution >= 4 is 7.12 Å². The Morgan fingerprint density at radius 1 is 1.67 bits per heavy atom. The van der Waals surface area contributed by atoms with E-state index in [-0.39, 0.29) is 5.47 Å². The van der Waals surface area contributed by atoms with Crippen LogP contribution in [-0.4, -0.2) is 17.2 Å². The fraction of sp³-hybridized carbons (Fsp3) is 0.200. The quantitative estimate of drug-likeness (QED) is 0.420. The van der Waals surface area contributed by atoms with Crippen LogP contribution >= 0.6 is 0 Å².